The summed E-state index contributed by atoms with van der Waals surface area (Å²) in [5, 5.41) is 11.9. The van der Waals surface area contributed by atoms with E-state index in [1.807, 2.05) is 19.3 Å². The summed E-state index contributed by atoms with van der Waals surface area (Å²) in [5.41, 5.74) is 0.795. The van der Waals surface area contributed by atoms with E-state index in [0.29, 0.717) is 6.54 Å². The number of nitrogens with zero attached hydrogens (tertiary/aromatic N) is 6. The van der Waals surface area contributed by atoms with Gasteiger partial charge in [0.1, 0.15) is 5.69 Å². The van der Waals surface area contributed by atoms with Gasteiger partial charge in [0.25, 0.3) is 0 Å². The molecule has 10 heteroatoms. The molecule has 3 aromatic heterocycles. The minimum absolute atomic E-state index is 0.0157. The number of halogens is 3. The Morgan fingerprint density at radius 1 is 1.26 bits per heavy atom. The van der Waals surface area contributed by atoms with E-state index in [-0.39, 0.29) is 6.04 Å². The first-order valence-corrected chi connectivity index (χ1v) is 8.68. The van der Waals surface area contributed by atoms with Crippen LogP contribution in [0.25, 0.3) is 11.3 Å². The van der Waals surface area contributed by atoms with Crippen LogP contribution in [0.4, 0.5) is 13.2 Å². The van der Waals surface area contributed by atoms with Crippen molar-refractivity contribution in [3.63, 3.8) is 0 Å². The molecule has 0 bridgehead atoms. The van der Waals surface area contributed by atoms with Crippen molar-refractivity contribution >= 4 is 0 Å². The second kappa shape index (κ2) is 6.84. The van der Waals surface area contributed by atoms with Gasteiger partial charge < -0.3 is 4.52 Å². The molecular weight excluding hydrogens is 361 g/mol. The Hall–Kier alpha value is -2.62. The number of aromatic nitrogens is 5. The maximum Gasteiger partial charge on any atom is 0.435 e. The summed E-state index contributed by atoms with van der Waals surface area (Å²) < 4.78 is 46.6. The first kappa shape index (κ1) is 17.8. The van der Waals surface area contributed by atoms with E-state index in [1.165, 1.54) is 10.9 Å². The average molecular weight is 380 g/mol. The molecule has 4 heterocycles. The van der Waals surface area contributed by atoms with Crippen LogP contribution in [0.1, 0.15) is 30.3 Å². The predicted octanol–water partition coefficient (Wildman–Crippen LogP) is 3.13. The zero-order chi connectivity index (χ0) is 19.0. The third kappa shape index (κ3) is 3.90. The lowest BCUT2D eigenvalue weighted by atomic mass is 10.1. The second-order valence-corrected chi connectivity index (χ2v) is 6.77. The number of hydrogen-bond acceptors (Lipinski definition) is 5. The zero-order valence-electron chi connectivity index (χ0n) is 14.7. The monoisotopic (exact) mass is 380 g/mol. The number of alkyl halides is 3. The predicted molar refractivity (Wildman–Crippen MR) is 89.5 cm³/mol. The Labute approximate surface area is 153 Å². The van der Waals surface area contributed by atoms with Gasteiger partial charge in [-0.05, 0) is 18.9 Å². The topological polar surface area (TPSA) is 64.9 Å². The molecule has 0 spiro atoms. The minimum Gasteiger partial charge on any atom is -0.359 e. The van der Waals surface area contributed by atoms with Crippen molar-refractivity contribution in [1.29, 1.82) is 0 Å². The first-order chi connectivity index (χ1) is 12.9. The smallest absolute Gasteiger partial charge is 0.359 e. The van der Waals surface area contributed by atoms with Gasteiger partial charge in [0.2, 0.25) is 0 Å². The van der Waals surface area contributed by atoms with Crippen LogP contribution in [0.15, 0.2) is 35.2 Å². The van der Waals surface area contributed by atoms with Crippen LogP contribution in [0, 0.1) is 0 Å². The normalized spacial score (nSPS) is 16.9. The number of aryl methyl sites for hydroxylation is 1. The van der Waals surface area contributed by atoms with Gasteiger partial charge in [-0.3, -0.25) is 14.3 Å². The number of hydrogen-bond donors (Lipinski definition) is 0. The largest absolute Gasteiger partial charge is 0.435 e. The highest BCUT2D eigenvalue weighted by Gasteiger charge is 2.34. The molecule has 0 saturated carbocycles. The molecule has 1 fully saturated rings. The summed E-state index contributed by atoms with van der Waals surface area (Å²) in [6.45, 7) is 2.14. The second-order valence-electron chi connectivity index (χ2n) is 6.77. The first-order valence-electron chi connectivity index (χ1n) is 8.68. The number of piperidine rings is 1. The van der Waals surface area contributed by atoms with Crippen LogP contribution < -0.4 is 0 Å². The molecule has 1 aliphatic rings. The molecule has 144 valence electrons. The van der Waals surface area contributed by atoms with E-state index in [9.17, 15) is 13.2 Å². The third-order valence-electron chi connectivity index (χ3n) is 4.77. The summed E-state index contributed by atoms with van der Waals surface area (Å²) in [7, 11) is 1.84. The van der Waals surface area contributed by atoms with Crippen LogP contribution in [-0.2, 0) is 19.8 Å². The molecule has 0 amide bonds. The van der Waals surface area contributed by atoms with Gasteiger partial charge in [0.05, 0.1) is 18.8 Å². The molecule has 1 saturated heterocycles. The highest BCUT2D eigenvalue weighted by Crippen LogP contribution is 2.30. The van der Waals surface area contributed by atoms with Gasteiger partial charge >= 0.3 is 6.18 Å². The maximum absolute atomic E-state index is 12.7. The maximum atomic E-state index is 12.7. The Morgan fingerprint density at radius 3 is 2.67 bits per heavy atom. The van der Waals surface area contributed by atoms with E-state index in [2.05, 4.69) is 20.3 Å². The van der Waals surface area contributed by atoms with Crippen LogP contribution in [-0.4, -0.2) is 42.7 Å². The molecular formula is C17H19F3N6O. The van der Waals surface area contributed by atoms with E-state index < -0.39 is 11.9 Å². The van der Waals surface area contributed by atoms with E-state index in [4.69, 9.17) is 4.52 Å². The van der Waals surface area contributed by atoms with Crippen molar-refractivity contribution in [1.82, 2.24) is 29.6 Å². The van der Waals surface area contributed by atoms with Crippen LogP contribution >= 0.6 is 0 Å². The lowest BCUT2D eigenvalue weighted by Gasteiger charge is -2.31. The van der Waals surface area contributed by atoms with E-state index in [1.54, 1.807) is 10.9 Å². The van der Waals surface area contributed by atoms with Gasteiger partial charge in [-0.25, -0.2) is 0 Å². The Morgan fingerprint density at radius 2 is 2.04 bits per heavy atom. The molecule has 0 atom stereocenters. The fraction of sp³-hybridized carbons (Fsp3) is 0.471. The molecule has 27 heavy (non-hydrogen) atoms. The van der Waals surface area contributed by atoms with Gasteiger partial charge in [0.15, 0.2) is 11.5 Å². The molecule has 4 rings (SSSR count). The number of rotatable bonds is 4. The summed E-state index contributed by atoms with van der Waals surface area (Å²) in [5.74, 6) is 0.755. The van der Waals surface area contributed by atoms with Gasteiger partial charge in [-0.1, -0.05) is 5.16 Å². The lowest BCUT2D eigenvalue weighted by molar-refractivity contribution is -0.141. The van der Waals surface area contributed by atoms with Crippen LogP contribution in [0.3, 0.4) is 0 Å². The Kier molecular flexibility index (Phi) is 4.50. The van der Waals surface area contributed by atoms with Gasteiger partial charge in [0, 0.05) is 44.2 Å². The Bertz CT molecular complexity index is 904. The summed E-state index contributed by atoms with van der Waals surface area (Å²) in [6, 6.07) is 2.91. The quantitative estimate of drug-likeness (QED) is 0.696. The fourth-order valence-electron chi connectivity index (χ4n) is 3.33. The molecule has 0 unspecified atom stereocenters. The molecule has 1 aliphatic heterocycles. The Balaban J connectivity index is 1.33. The van der Waals surface area contributed by atoms with Crippen molar-refractivity contribution < 1.29 is 17.7 Å². The van der Waals surface area contributed by atoms with E-state index >= 15 is 0 Å². The molecule has 0 aliphatic carbocycles. The highest BCUT2D eigenvalue weighted by molar-refractivity contribution is 5.56. The van der Waals surface area contributed by atoms with Crippen molar-refractivity contribution in [2.75, 3.05) is 13.1 Å². The summed E-state index contributed by atoms with van der Waals surface area (Å²) >= 11 is 0. The van der Waals surface area contributed by atoms with Crippen molar-refractivity contribution in [3.8, 4) is 11.3 Å². The molecule has 0 aromatic carbocycles. The molecule has 3 aromatic rings. The lowest BCUT2D eigenvalue weighted by Crippen LogP contribution is -2.34. The van der Waals surface area contributed by atoms with Crippen LogP contribution in [0.5, 0.6) is 0 Å². The van der Waals surface area contributed by atoms with Gasteiger partial charge in [-0.2, -0.15) is 23.4 Å². The van der Waals surface area contributed by atoms with Crippen molar-refractivity contribution in [3.05, 3.63) is 42.2 Å². The highest BCUT2D eigenvalue weighted by atomic mass is 19.4. The van der Waals surface area contributed by atoms with Gasteiger partial charge in [-0.15, -0.1) is 0 Å². The summed E-state index contributed by atoms with van der Waals surface area (Å²) in [4.78, 5) is 2.21. The SMILES string of the molecule is Cn1cc(-c2cc(CN3CCC(n4ccc(C(F)(F)F)n4)CC3)on2)cn1. The fourth-order valence-corrected chi connectivity index (χ4v) is 3.33. The van der Waals surface area contributed by atoms with E-state index in [0.717, 1.165) is 49.0 Å². The van der Waals surface area contributed by atoms with Crippen molar-refractivity contribution in [2.45, 2.75) is 31.6 Å². The van der Waals surface area contributed by atoms with Crippen molar-refractivity contribution in [2.24, 2.45) is 7.05 Å². The summed E-state index contributed by atoms with van der Waals surface area (Å²) in [6.07, 6.45) is 2.09. The molecule has 7 nitrogen and oxygen atoms in total. The van der Waals surface area contributed by atoms with Crippen LogP contribution in [0.2, 0.25) is 0 Å². The average Bonchev–Trinajstić information content (AvgIpc) is 3.35. The third-order valence-corrected chi connectivity index (χ3v) is 4.77. The molecule has 0 N–H and O–H groups in total. The molecule has 0 radical (unpaired) electrons. The number of likely N-dealkylation sites (tertiary alicyclic amines) is 1. The zero-order valence-corrected chi connectivity index (χ0v) is 14.7. The minimum atomic E-state index is -4.40. The standard InChI is InChI=1S/C17H19F3N6O/c1-24-10-12(9-21-24)15-8-14(27-23-15)11-25-5-2-13(3-6-25)26-7-4-16(22-26)17(18,19)20/h4,7-10,13H,2-3,5-6,11H2,1H3.